The lowest BCUT2D eigenvalue weighted by Crippen LogP contribution is -2.38. The van der Waals surface area contributed by atoms with Crippen molar-refractivity contribution in [3.05, 3.63) is 35.4 Å². The average Bonchev–Trinajstić information content (AvgIpc) is 2.64. The molecule has 1 fully saturated rings. The second-order valence-electron chi connectivity index (χ2n) is 4.96. The van der Waals surface area contributed by atoms with E-state index in [2.05, 4.69) is 12.2 Å². The summed E-state index contributed by atoms with van der Waals surface area (Å²) in [7, 11) is 0. The highest BCUT2D eigenvalue weighted by Crippen LogP contribution is 2.30. The summed E-state index contributed by atoms with van der Waals surface area (Å²) in [6, 6.07) is 5.48. The van der Waals surface area contributed by atoms with Crippen molar-refractivity contribution in [2.75, 3.05) is 6.54 Å². The summed E-state index contributed by atoms with van der Waals surface area (Å²) in [4.78, 5) is 0. The number of nitrogens with one attached hydrogen (secondary N) is 1. The Hall–Kier alpha value is -1.03. The van der Waals surface area contributed by atoms with Crippen LogP contribution >= 0.6 is 0 Å². The number of rotatable bonds is 2. The predicted molar refractivity (Wildman–Crippen MR) is 60.8 cm³/mol. The maximum Gasteiger partial charge on any atom is 0.416 e. The molecule has 1 aromatic rings. The molecule has 0 spiro atoms. The van der Waals surface area contributed by atoms with Crippen molar-refractivity contribution in [2.24, 2.45) is 0 Å². The summed E-state index contributed by atoms with van der Waals surface area (Å²) >= 11 is 0. The molecule has 0 radical (unpaired) electrons. The number of halogens is 3. The van der Waals surface area contributed by atoms with Gasteiger partial charge < -0.3 is 5.32 Å². The van der Waals surface area contributed by atoms with Gasteiger partial charge in [0.25, 0.3) is 0 Å². The molecule has 2 rings (SSSR count). The van der Waals surface area contributed by atoms with Gasteiger partial charge in [-0.3, -0.25) is 0 Å². The van der Waals surface area contributed by atoms with Gasteiger partial charge in [-0.05, 0) is 50.4 Å². The van der Waals surface area contributed by atoms with Gasteiger partial charge in [-0.15, -0.1) is 0 Å². The topological polar surface area (TPSA) is 12.0 Å². The van der Waals surface area contributed by atoms with E-state index in [4.69, 9.17) is 0 Å². The standard InChI is InChI=1S/C13H16F3N/c1-12(7-2-8-17-12)9-10-3-5-11(6-4-10)13(14,15)16/h3-6,17H,2,7-9H2,1H3/t12-/m1/s1. The first-order chi connectivity index (χ1) is 7.89. The maximum atomic E-state index is 12.4. The van der Waals surface area contributed by atoms with Crippen LogP contribution in [0.1, 0.15) is 30.9 Å². The van der Waals surface area contributed by atoms with Gasteiger partial charge in [0, 0.05) is 5.54 Å². The zero-order valence-corrected chi connectivity index (χ0v) is 9.77. The molecule has 0 saturated carbocycles. The van der Waals surface area contributed by atoms with Crippen LogP contribution in [-0.4, -0.2) is 12.1 Å². The average molecular weight is 243 g/mol. The maximum absolute atomic E-state index is 12.4. The lowest BCUT2D eigenvalue weighted by atomic mass is 9.91. The van der Waals surface area contributed by atoms with Crippen molar-refractivity contribution in [3.8, 4) is 0 Å². The van der Waals surface area contributed by atoms with Crippen LogP contribution in [0.25, 0.3) is 0 Å². The molecule has 4 heteroatoms. The summed E-state index contributed by atoms with van der Waals surface area (Å²) < 4.78 is 37.2. The van der Waals surface area contributed by atoms with Crippen molar-refractivity contribution < 1.29 is 13.2 Å². The molecular formula is C13H16F3N. The molecule has 1 saturated heterocycles. The minimum Gasteiger partial charge on any atom is -0.311 e. The van der Waals surface area contributed by atoms with Gasteiger partial charge in [0.2, 0.25) is 0 Å². The molecule has 0 aromatic heterocycles. The SMILES string of the molecule is C[C@]1(Cc2ccc(C(F)(F)F)cc2)CCCN1. The fraction of sp³-hybridized carbons (Fsp3) is 0.538. The summed E-state index contributed by atoms with van der Waals surface area (Å²) in [5, 5.41) is 3.40. The Morgan fingerprint density at radius 2 is 1.88 bits per heavy atom. The summed E-state index contributed by atoms with van der Waals surface area (Å²) in [5.74, 6) is 0. The highest BCUT2D eigenvalue weighted by Gasteiger charge is 2.31. The van der Waals surface area contributed by atoms with E-state index in [1.54, 1.807) is 12.1 Å². The van der Waals surface area contributed by atoms with Crippen molar-refractivity contribution in [3.63, 3.8) is 0 Å². The molecule has 1 aliphatic heterocycles. The van der Waals surface area contributed by atoms with Crippen molar-refractivity contribution in [2.45, 2.75) is 37.9 Å². The molecule has 1 N–H and O–H groups in total. The third kappa shape index (κ3) is 3.00. The molecule has 1 atom stereocenters. The third-order valence-corrected chi connectivity index (χ3v) is 3.33. The van der Waals surface area contributed by atoms with Gasteiger partial charge in [-0.2, -0.15) is 13.2 Å². The highest BCUT2D eigenvalue weighted by molar-refractivity contribution is 5.26. The van der Waals surface area contributed by atoms with E-state index in [1.165, 1.54) is 0 Å². The van der Waals surface area contributed by atoms with Crippen LogP contribution in [0.15, 0.2) is 24.3 Å². The zero-order chi connectivity index (χ0) is 12.5. The van der Waals surface area contributed by atoms with Crippen molar-refractivity contribution >= 4 is 0 Å². The second kappa shape index (κ2) is 4.33. The van der Waals surface area contributed by atoms with Gasteiger partial charge in [0.15, 0.2) is 0 Å². The number of hydrogen-bond acceptors (Lipinski definition) is 1. The molecule has 0 aliphatic carbocycles. The Balaban J connectivity index is 2.08. The number of hydrogen-bond donors (Lipinski definition) is 1. The molecule has 1 aliphatic rings. The molecule has 1 nitrogen and oxygen atoms in total. The minimum absolute atomic E-state index is 0.0414. The van der Waals surface area contributed by atoms with E-state index in [-0.39, 0.29) is 5.54 Å². The first kappa shape index (κ1) is 12.4. The van der Waals surface area contributed by atoms with E-state index < -0.39 is 11.7 Å². The Morgan fingerprint density at radius 1 is 1.24 bits per heavy atom. The van der Waals surface area contributed by atoms with Crippen LogP contribution in [0.3, 0.4) is 0 Å². The first-order valence-electron chi connectivity index (χ1n) is 5.80. The zero-order valence-electron chi connectivity index (χ0n) is 9.77. The Kier molecular flexibility index (Phi) is 3.17. The normalized spacial score (nSPS) is 25.2. The van der Waals surface area contributed by atoms with Gasteiger partial charge in [0.1, 0.15) is 0 Å². The van der Waals surface area contributed by atoms with E-state index in [1.807, 2.05) is 0 Å². The minimum atomic E-state index is -4.24. The van der Waals surface area contributed by atoms with Crippen LogP contribution in [0, 0.1) is 0 Å². The third-order valence-electron chi connectivity index (χ3n) is 3.33. The van der Waals surface area contributed by atoms with Crippen molar-refractivity contribution in [1.82, 2.24) is 5.32 Å². The molecule has 17 heavy (non-hydrogen) atoms. The van der Waals surface area contributed by atoms with Crippen molar-refractivity contribution in [1.29, 1.82) is 0 Å². The quantitative estimate of drug-likeness (QED) is 0.839. The van der Waals surface area contributed by atoms with Crippen LogP contribution in [-0.2, 0) is 12.6 Å². The van der Waals surface area contributed by atoms with Gasteiger partial charge >= 0.3 is 6.18 Å². The smallest absolute Gasteiger partial charge is 0.311 e. The largest absolute Gasteiger partial charge is 0.416 e. The predicted octanol–water partition coefficient (Wildman–Crippen LogP) is 3.39. The molecule has 0 unspecified atom stereocenters. The fourth-order valence-electron chi connectivity index (χ4n) is 2.37. The number of benzene rings is 1. The van der Waals surface area contributed by atoms with Crippen LogP contribution in [0.2, 0.25) is 0 Å². The Labute approximate surface area is 99.0 Å². The summed E-state index contributed by atoms with van der Waals surface area (Å²) in [6.45, 7) is 3.12. The molecular weight excluding hydrogens is 227 g/mol. The summed E-state index contributed by atoms with van der Waals surface area (Å²) in [6.07, 6.45) is -1.25. The Morgan fingerprint density at radius 3 is 2.35 bits per heavy atom. The highest BCUT2D eigenvalue weighted by atomic mass is 19.4. The monoisotopic (exact) mass is 243 g/mol. The molecule has 0 bridgehead atoms. The van der Waals surface area contributed by atoms with Crippen LogP contribution in [0.5, 0.6) is 0 Å². The van der Waals surface area contributed by atoms with Gasteiger partial charge in [-0.25, -0.2) is 0 Å². The Bertz CT molecular complexity index is 375. The van der Waals surface area contributed by atoms with Gasteiger partial charge in [-0.1, -0.05) is 12.1 Å². The summed E-state index contributed by atoms with van der Waals surface area (Å²) in [5.41, 5.74) is 0.417. The van der Waals surface area contributed by atoms with E-state index in [9.17, 15) is 13.2 Å². The molecule has 1 aromatic carbocycles. The lowest BCUT2D eigenvalue weighted by Gasteiger charge is -2.24. The van der Waals surface area contributed by atoms with E-state index in [0.29, 0.717) is 0 Å². The second-order valence-corrected chi connectivity index (χ2v) is 4.96. The lowest BCUT2D eigenvalue weighted by molar-refractivity contribution is -0.137. The van der Waals surface area contributed by atoms with Gasteiger partial charge in [0.05, 0.1) is 5.56 Å². The first-order valence-corrected chi connectivity index (χ1v) is 5.80. The molecule has 1 heterocycles. The van der Waals surface area contributed by atoms with E-state index in [0.717, 1.165) is 43.5 Å². The van der Waals surface area contributed by atoms with Crippen LogP contribution in [0.4, 0.5) is 13.2 Å². The van der Waals surface area contributed by atoms with E-state index >= 15 is 0 Å². The number of alkyl halides is 3. The fourth-order valence-corrected chi connectivity index (χ4v) is 2.37. The van der Waals surface area contributed by atoms with Crippen LogP contribution < -0.4 is 5.32 Å². The molecule has 94 valence electrons. The molecule has 0 amide bonds.